The van der Waals surface area contributed by atoms with Crippen molar-refractivity contribution in [3.63, 3.8) is 0 Å². The van der Waals surface area contributed by atoms with Gasteiger partial charge in [-0.25, -0.2) is 13.2 Å². The van der Waals surface area contributed by atoms with E-state index in [9.17, 15) is 18.0 Å². The number of amides is 1. The first kappa shape index (κ1) is 24.5. The lowest BCUT2D eigenvalue weighted by molar-refractivity contribution is -0.119. The molecule has 3 rings (SSSR count). The SMILES string of the molecule is COc1cc(NC(=O)COC(=O)c2ccc(C)c(S(=O)(=O)N3CCOCC3)c2)cc(OC)c1. The summed E-state index contributed by atoms with van der Waals surface area (Å²) in [5.41, 5.74) is 0.938. The molecular weight excluding hydrogens is 452 g/mol. The maximum atomic E-state index is 13.0. The van der Waals surface area contributed by atoms with E-state index in [4.69, 9.17) is 18.9 Å². The lowest BCUT2D eigenvalue weighted by Gasteiger charge is -2.26. The molecule has 0 saturated carbocycles. The molecular formula is C22H26N2O8S. The van der Waals surface area contributed by atoms with Crippen molar-refractivity contribution in [1.29, 1.82) is 0 Å². The lowest BCUT2D eigenvalue weighted by Crippen LogP contribution is -2.40. The summed E-state index contributed by atoms with van der Waals surface area (Å²) in [4.78, 5) is 24.8. The fourth-order valence-corrected chi connectivity index (χ4v) is 4.88. The minimum absolute atomic E-state index is 0.0202. The number of nitrogens with one attached hydrogen (secondary N) is 1. The predicted octanol–water partition coefficient (Wildman–Crippen LogP) is 1.83. The van der Waals surface area contributed by atoms with E-state index in [0.717, 1.165) is 0 Å². The molecule has 0 bridgehead atoms. The number of carbonyl (C=O) groups is 2. The van der Waals surface area contributed by atoms with Gasteiger partial charge in [-0.1, -0.05) is 6.07 Å². The Morgan fingerprint density at radius 3 is 2.27 bits per heavy atom. The highest BCUT2D eigenvalue weighted by Gasteiger charge is 2.28. The van der Waals surface area contributed by atoms with E-state index in [-0.39, 0.29) is 23.5 Å². The van der Waals surface area contributed by atoms with Crippen LogP contribution in [0.2, 0.25) is 0 Å². The monoisotopic (exact) mass is 478 g/mol. The molecule has 0 aliphatic carbocycles. The van der Waals surface area contributed by atoms with Gasteiger partial charge in [0.05, 0.1) is 37.9 Å². The van der Waals surface area contributed by atoms with Gasteiger partial charge in [-0.3, -0.25) is 4.79 Å². The summed E-state index contributed by atoms with van der Waals surface area (Å²) in [7, 11) is -0.825. The van der Waals surface area contributed by atoms with Gasteiger partial charge in [-0.15, -0.1) is 0 Å². The fraction of sp³-hybridized carbons (Fsp3) is 0.364. The zero-order chi connectivity index (χ0) is 24.0. The molecule has 0 aromatic heterocycles. The van der Waals surface area contributed by atoms with Gasteiger partial charge < -0.3 is 24.3 Å². The summed E-state index contributed by atoms with van der Waals surface area (Å²) < 4.78 is 47.9. The number of benzene rings is 2. The Bertz CT molecular complexity index is 1100. The van der Waals surface area contributed by atoms with Crippen LogP contribution in [-0.2, 0) is 24.3 Å². The van der Waals surface area contributed by atoms with Crippen molar-refractivity contribution in [3.05, 3.63) is 47.5 Å². The highest BCUT2D eigenvalue weighted by atomic mass is 32.2. The Hall–Kier alpha value is -3.15. The van der Waals surface area contributed by atoms with E-state index in [1.807, 2.05) is 0 Å². The van der Waals surface area contributed by atoms with Crippen LogP contribution in [0.1, 0.15) is 15.9 Å². The number of nitrogens with zero attached hydrogens (tertiary/aromatic N) is 1. The minimum atomic E-state index is -3.79. The van der Waals surface area contributed by atoms with Gasteiger partial charge >= 0.3 is 5.97 Å². The number of sulfonamides is 1. The smallest absolute Gasteiger partial charge is 0.338 e. The van der Waals surface area contributed by atoms with E-state index < -0.39 is 28.5 Å². The van der Waals surface area contributed by atoms with E-state index in [0.29, 0.717) is 36.0 Å². The average molecular weight is 479 g/mol. The summed E-state index contributed by atoms with van der Waals surface area (Å²) in [5.74, 6) is -0.427. The summed E-state index contributed by atoms with van der Waals surface area (Å²) in [6.07, 6.45) is 0. The summed E-state index contributed by atoms with van der Waals surface area (Å²) in [6.45, 7) is 2.20. The highest BCUT2D eigenvalue weighted by Crippen LogP contribution is 2.26. The third kappa shape index (κ3) is 6.01. The van der Waals surface area contributed by atoms with Crippen molar-refractivity contribution in [1.82, 2.24) is 4.31 Å². The molecule has 2 aromatic carbocycles. The molecule has 1 saturated heterocycles. The lowest BCUT2D eigenvalue weighted by atomic mass is 10.1. The van der Waals surface area contributed by atoms with Crippen molar-refractivity contribution >= 4 is 27.6 Å². The van der Waals surface area contributed by atoms with Gasteiger partial charge in [0.25, 0.3) is 5.91 Å². The van der Waals surface area contributed by atoms with Gasteiger partial charge in [-0.2, -0.15) is 4.31 Å². The third-order valence-corrected chi connectivity index (χ3v) is 7.02. The zero-order valence-corrected chi connectivity index (χ0v) is 19.4. The molecule has 2 aromatic rings. The number of rotatable bonds is 8. The second kappa shape index (κ2) is 10.6. The molecule has 178 valence electrons. The Morgan fingerprint density at radius 1 is 1.03 bits per heavy atom. The van der Waals surface area contributed by atoms with Crippen molar-refractivity contribution in [2.75, 3.05) is 52.4 Å². The van der Waals surface area contributed by atoms with Crippen molar-refractivity contribution in [2.45, 2.75) is 11.8 Å². The standard InChI is InChI=1S/C22H26N2O8S/c1-15-4-5-16(10-20(15)33(27,28)24-6-8-31-9-7-24)22(26)32-14-21(25)23-17-11-18(29-2)13-19(12-17)30-3/h4-5,10-13H,6-9,14H2,1-3H3,(H,23,25). The molecule has 0 spiro atoms. The molecule has 10 nitrogen and oxygen atoms in total. The highest BCUT2D eigenvalue weighted by molar-refractivity contribution is 7.89. The van der Waals surface area contributed by atoms with Crippen LogP contribution in [0.3, 0.4) is 0 Å². The number of hydrogen-bond donors (Lipinski definition) is 1. The Labute approximate surface area is 192 Å². The molecule has 1 fully saturated rings. The fourth-order valence-electron chi connectivity index (χ4n) is 3.22. The number of aryl methyl sites for hydroxylation is 1. The summed E-state index contributed by atoms with van der Waals surface area (Å²) >= 11 is 0. The second-order valence-corrected chi connectivity index (χ2v) is 9.13. The van der Waals surface area contributed by atoms with Crippen molar-refractivity contribution in [3.8, 4) is 11.5 Å². The first-order valence-corrected chi connectivity index (χ1v) is 11.6. The van der Waals surface area contributed by atoms with Gasteiger partial charge in [0.15, 0.2) is 6.61 Å². The second-order valence-electron chi connectivity index (χ2n) is 7.22. The number of carbonyl (C=O) groups excluding carboxylic acids is 2. The van der Waals surface area contributed by atoms with Gasteiger partial charge in [0.1, 0.15) is 11.5 Å². The van der Waals surface area contributed by atoms with Gasteiger partial charge in [0.2, 0.25) is 10.0 Å². The molecule has 1 N–H and O–H groups in total. The zero-order valence-electron chi connectivity index (χ0n) is 18.6. The molecule has 0 atom stereocenters. The van der Waals surface area contributed by atoms with E-state index >= 15 is 0 Å². The predicted molar refractivity (Wildman–Crippen MR) is 119 cm³/mol. The quantitative estimate of drug-likeness (QED) is 0.571. The number of anilines is 1. The molecule has 1 aliphatic rings. The van der Waals surface area contributed by atoms with E-state index in [2.05, 4.69) is 5.32 Å². The van der Waals surface area contributed by atoms with Crippen LogP contribution >= 0.6 is 0 Å². The average Bonchev–Trinajstić information content (AvgIpc) is 2.82. The normalized spacial score (nSPS) is 14.4. The summed E-state index contributed by atoms with van der Waals surface area (Å²) in [6, 6.07) is 9.09. The summed E-state index contributed by atoms with van der Waals surface area (Å²) in [5, 5.41) is 2.60. The van der Waals surface area contributed by atoms with E-state index in [1.54, 1.807) is 25.1 Å². The molecule has 0 radical (unpaired) electrons. The number of morpholine rings is 1. The Kier molecular flexibility index (Phi) is 7.90. The van der Waals surface area contributed by atoms with Crippen molar-refractivity contribution in [2.24, 2.45) is 0 Å². The first-order chi connectivity index (χ1) is 15.7. The Morgan fingerprint density at radius 2 is 1.67 bits per heavy atom. The molecule has 33 heavy (non-hydrogen) atoms. The molecule has 0 unspecified atom stereocenters. The van der Waals surface area contributed by atoms with Crippen LogP contribution in [0.25, 0.3) is 0 Å². The first-order valence-electron chi connectivity index (χ1n) is 10.1. The third-order valence-electron chi connectivity index (χ3n) is 4.98. The largest absolute Gasteiger partial charge is 0.497 e. The molecule has 1 aliphatic heterocycles. The van der Waals surface area contributed by atoms with Crippen LogP contribution in [0, 0.1) is 6.92 Å². The number of hydrogen-bond acceptors (Lipinski definition) is 8. The molecule has 1 heterocycles. The number of esters is 1. The van der Waals surface area contributed by atoms with Crippen LogP contribution in [-0.4, -0.2) is 71.7 Å². The number of ether oxygens (including phenoxy) is 4. The van der Waals surface area contributed by atoms with Crippen LogP contribution < -0.4 is 14.8 Å². The topological polar surface area (TPSA) is 120 Å². The minimum Gasteiger partial charge on any atom is -0.497 e. The maximum Gasteiger partial charge on any atom is 0.338 e. The number of methoxy groups -OCH3 is 2. The maximum absolute atomic E-state index is 13.0. The van der Waals surface area contributed by atoms with Crippen LogP contribution in [0.5, 0.6) is 11.5 Å². The van der Waals surface area contributed by atoms with Gasteiger partial charge in [-0.05, 0) is 24.6 Å². The molecule has 11 heteroatoms. The van der Waals surface area contributed by atoms with Crippen LogP contribution in [0.4, 0.5) is 5.69 Å². The molecule has 1 amide bonds. The van der Waals surface area contributed by atoms with E-state index in [1.165, 1.54) is 36.7 Å². The Balaban J connectivity index is 1.67. The van der Waals surface area contributed by atoms with Crippen molar-refractivity contribution < 1.29 is 37.0 Å². The van der Waals surface area contributed by atoms with Crippen LogP contribution in [0.15, 0.2) is 41.3 Å². The van der Waals surface area contributed by atoms with Gasteiger partial charge in [0, 0.05) is 37.0 Å².